The molecule has 0 spiro atoms. The van der Waals surface area contributed by atoms with Gasteiger partial charge in [0.05, 0.1) is 29.2 Å². The topological polar surface area (TPSA) is 119 Å². The van der Waals surface area contributed by atoms with Crippen LogP contribution in [0.5, 0.6) is 0 Å². The lowest BCUT2D eigenvalue weighted by Crippen LogP contribution is -2.15. The molecule has 2 heterocycles. The number of carbonyl (C=O) groups excluding carboxylic acids is 2. The number of hydrogen-bond donors (Lipinski definition) is 1. The molecule has 1 amide bonds. The van der Waals surface area contributed by atoms with Crippen LogP contribution in [-0.2, 0) is 9.53 Å². The standard InChI is InChI=1S/C22H18N4O3S/c1-2-29-22(28)19-18(15-9-6-10-25-12-15)16(11-23)21(30-13-17(24)27)26-20(19)14-7-4-3-5-8-14/h3-10,12H,2,13H2,1H3,(H2,24,27). The summed E-state index contributed by atoms with van der Waals surface area (Å²) in [6, 6.07) is 14.7. The predicted octanol–water partition coefficient (Wildman–Crippen LogP) is 3.44. The molecule has 0 aliphatic rings. The van der Waals surface area contributed by atoms with Gasteiger partial charge in [-0.2, -0.15) is 5.26 Å². The summed E-state index contributed by atoms with van der Waals surface area (Å²) in [5.74, 6) is -1.18. The van der Waals surface area contributed by atoms with Crippen LogP contribution in [0.3, 0.4) is 0 Å². The van der Waals surface area contributed by atoms with Crippen molar-refractivity contribution in [2.24, 2.45) is 5.73 Å². The molecule has 0 saturated carbocycles. The van der Waals surface area contributed by atoms with Gasteiger partial charge in [0.25, 0.3) is 0 Å². The number of nitriles is 1. The van der Waals surface area contributed by atoms with Crippen molar-refractivity contribution in [3.05, 3.63) is 66.0 Å². The van der Waals surface area contributed by atoms with Gasteiger partial charge in [-0.15, -0.1) is 0 Å². The number of aromatic nitrogens is 2. The number of carbonyl (C=O) groups is 2. The summed E-state index contributed by atoms with van der Waals surface area (Å²) in [4.78, 5) is 33.1. The number of benzene rings is 1. The fraction of sp³-hybridized carbons (Fsp3) is 0.136. The Morgan fingerprint density at radius 2 is 1.90 bits per heavy atom. The summed E-state index contributed by atoms with van der Waals surface area (Å²) in [5.41, 5.74) is 7.60. The van der Waals surface area contributed by atoms with Gasteiger partial charge >= 0.3 is 5.97 Å². The number of nitrogens with zero attached hydrogens (tertiary/aromatic N) is 3. The highest BCUT2D eigenvalue weighted by atomic mass is 32.2. The van der Waals surface area contributed by atoms with Crippen LogP contribution in [0.4, 0.5) is 0 Å². The minimum Gasteiger partial charge on any atom is -0.462 e. The van der Waals surface area contributed by atoms with E-state index < -0.39 is 11.9 Å². The lowest BCUT2D eigenvalue weighted by Gasteiger charge is -2.17. The zero-order chi connectivity index (χ0) is 21.5. The molecule has 0 atom stereocenters. The molecule has 150 valence electrons. The van der Waals surface area contributed by atoms with Crippen LogP contribution in [0, 0.1) is 11.3 Å². The second-order valence-electron chi connectivity index (χ2n) is 6.09. The maximum atomic E-state index is 13.0. The number of primary amides is 1. The van der Waals surface area contributed by atoms with E-state index in [1.807, 2.05) is 30.3 Å². The average molecular weight is 418 g/mol. The largest absolute Gasteiger partial charge is 0.462 e. The van der Waals surface area contributed by atoms with Gasteiger partial charge in [-0.05, 0) is 13.0 Å². The lowest BCUT2D eigenvalue weighted by atomic mass is 9.93. The van der Waals surface area contributed by atoms with E-state index in [-0.39, 0.29) is 23.5 Å². The van der Waals surface area contributed by atoms with Crippen molar-refractivity contribution >= 4 is 23.6 Å². The first kappa shape index (κ1) is 21.0. The third kappa shape index (κ3) is 4.47. The van der Waals surface area contributed by atoms with E-state index in [9.17, 15) is 14.9 Å². The fourth-order valence-corrected chi connectivity index (χ4v) is 3.64. The first-order valence-electron chi connectivity index (χ1n) is 9.09. The lowest BCUT2D eigenvalue weighted by molar-refractivity contribution is -0.115. The van der Waals surface area contributed by atoms with E-state index in [1.165, 1.54) is 0 Å². The molecule has 3 rings (SSSR count). The van der Waals surface area contributed by atoms with Crippen LogP contribution >= 0.6 is 11.8 Å². The molecule has 0 bridgehead atoms. The van der Waals surface area contributed by atoms with Crippen molar-refractivity contribution in [3.63, 3.8) is 0 Å². The minimum absolute atomic E-state index is 0.0544. The number of amides is 1. The number of esters is 1. The highest BCUT2D eigenvalue weighted by Crippen LogP contribution is 2.38. The van der Waals surface area contributed by atoms with Gasteiger partial charge in [-0.25, -0.2) is 9.78 Å². The van der Waals surface area contributed by atoms with Crippen molar-refractivity contribution in [1.29, 1.82) is 5.26 Å². The second-order valence-corrected chi connectivity index (χ2v) is 7.05. The number of pyridine rings is 2. The zero-order valence-electron chi connectivity index (χ0n) is 16.2. The Bertz CT molecular complexity index is 1110. The highest BCUT2D eigenvalue weighted by Gasteiger charge is 2.27. The fourth-order valence-electron chi connectivity index (χ4n) is 2.92. The Labute approximate surface area is 177 Å². The summed E-state index contributed by atoms with van der Waals surface area (Å²) in [6.45, 7) is 1.87. The second kappa shape index (κ2) is 9.67. The first-order valence-corrected chi connectivity index (χ1v) is 10.1. The number of ether oxygens (including phenoxy) is 1. The number of hydrogen-bond acceptors (Lipinski definition) is 7. The smallest absolute Gasteiger partial charge is 0.341 e. The van der Waals surface area contributed by atoms with Crippen molar-refractivity contribution in [2.75, 3.05) is 12.4 Å². The van der Waals surface area contributed by atoms with E-state index in [4.69, 9.17) is 10.5 Å². The van der Waals surface area contributed by atoms with Crippen LogP contribution in [0.15, 0.2) is 59.9 Å². The maximum Gasteiger partial charge on any atom is 0.341 e. The molecule has 8 heteroatoms. The molecular weight excluding hydrogens is 400 g/mol. The quantitative estimate of drug-likeness (QED) is 0.461. The van der Waals surface area contributed by atoms with E-state index in [2.05, 4.69) is 16.0 Å². The minimum atomic E-state index is -0.592. The van der Waals surface area contributed by atoms with Gasteiger partial charge in [0.1, 0.15) is 11.1 Å². The zero-order valence-corrected chi connectivity index (χ0v) is 17.0. The van der Waals surface area contributed by atoms with Crippen LogP contribution in [0.2, 0.25) is 0 Å². The van der Waals surface area contributed by atoms with Crippen molar-refractivity contribution < 1.29 is 14.3 Å². The van der Waals surface area contributed by atoms with Gasteiger partial charge in [0.2, 0.25) is 5.91 Å². The predicted molar refractivity (Wildman–Crippen MR) is 113 cm³/mol. The van der Waals surface area contributed by atoms with Gasteiger partial charge in [0, 0.05) is 29.1 Å². The molecule has 0 aliphatic heterocycles. The Morgan fingerprint density at radius 3 is 2.50 bits per heavy atom. The Morgan fingerprint density at radius 1 is 1.17 bits per heavy atom. The molecule has 2 aromatic heterocycles. The number of thioether (sulfide) groups is 1. The number of nitrogens with two attached hydrogens (primary N) is 1. The van der Waals surface area contributed by atoms with E-state index in [1.54, 1.807) is 31.5 Å². The van der Waals surface area contributed by atoms with Crippen LogP contribution in [-0.4, -0.2) is 34.2 Å². The average Bonchev–Trinajstić information content (AvgIpc) is 2.77. The summed E-state index contributed by atoms with van der Waals surface area (Å²) in [6.07, 6.45) is 3.16. The van der Waals surface area contributed by atoms with Crippen molar-refractivity contribution in [3.8, 4) is 28.5 Å². The summed E-state index contributed by atoms with van der Waals surface area (Å²) < 4.78 is 5.30. The van der Waals surface area contributed by atoms with Gasteiger partial charge in [-0.1, -0.05) is 48.2 Å². The first-order chi connectivity index (χ1) is 14.6. The molecule has 0 aliphatic carbocycles. The third-order valence-corrected chi connectivity index (χ3v) is 5.10. The SMILES string of the molecule is CCOC(=O)c1c(-c2ccccc2)nc(SCC(N)=O)c(C#N)c1-c1cccnc1. The normalized spacial score (nSPS) is 10.3. The van der Waals surface area contributed by atoms with Crippen LogP contribution < -0.4 is 5.73 Å². The molecule has 2 N–H and O–H groups in total. The van der Waals surface area contributed by atoms with Gasteiger partial charge in [0.15, 0.2) is 0 Å². The molecule has 0 saturated heterocycles. The van der Waals surface area contributed by atoms with E-state index in [0.29, 0.717) is 27.4 Å². The van der Waals surface area contributed by atoms with Crippen molar-refractivity contribution in [2.45, 2.75) is 11.9 Å². The molecular formula is C22H18N4O3S. The number of rotatable bonds is 7. The van der Waals surface area contributed by atoms with Gasteiger partial charge < -0.3 is 10.5 Å². The maximum absolute atomic E-state index is 13.0. The Balaban J connectivity index is 2.40. The third-order valence-electron chi connectivity index (χ3n) is 4.10. The van der Waals surface area contributed by atoms with Crippen molar-refractivity contribution in [1.82, 2.24) is 9.97 Å². The summed E-state index contributed by atoms with van der Waals surface area (Å²) in [7, 11) is 0. The molecule has 7 nitrogen and oxygen atoms in total. The Kier molecular flexibility index (Phi) is 6.78. The van der Waals surface area contributed by atoms with Crippen LogP contribution in [0.1, 0.15) is 22.8 Å². The molecule has 0 unspecified atom stereocenters. The molecule has 1 aromatic carbocycles. The highest BCUT2D eigenvalue weighted by molar-refractivity contribution is 8.00. The molecule has 3 aromatic rings. The van der Waals surface area contributed by atoms with E-state index >= 15 is 0 Å². The molecule has 0 fully saturated rings. The molecule has 0 radical (unpaired) electrons. The van der Waals surface area contributed by atoms with Gasteiger partial charge in [-0.3, -0.25) is 9.78 Å². The Hall–Kier alpha value is -3.70. The summed E-state index contributed by atoms with van der Waals surface area (Å²) >= 11 is 1.05. The summed E-state index contributed by atoms with van der Waals surface area (Å²) in [5, 5.41) is 10.2. The monoisotopic (exact) mass is 418 g/mol. The van der Waals surface area contributed by atoms with E-state index in [0.717, 1.165) is 11.8 Å². The molecule has 30 heavy (non-hydrogen) atoms. The van der Waals surface area contributed by atoms with Crippen LogP contribution in [0.25, 0.3) is 22.4 Å².